The molecule has 1 aliphatic heterocycles. The van der Waals surface area contributed by atoms with Crippen LogP contribution >= 0.6 is 24.0 Å². The molecule has 0 atom stereocenters. The van der Waals surface area contributed by atoms with E-state index < -0.39 is 0 Å². The second kappa shape index (κ2) is 5.54. The molecular formula is C10H15Cl2N3. The zero-order chi connectivity index (χ0) is 9.97. The van der Waals surface area contributed by atoms with Crippen LogP contribution in [0.4, 0.5) is 5.82 Å². The standard InChI is InChI=1S/C10H14ClN3.ClH/c11-8-1-2-10(13-7-8)14-5-3-9(12)4-6-14;/h1-2,7,9H,3-6,12H2;1H. The largest absolute Gasteiger partial charge is 0.357 e. The highest BCUT2D eigenvalue weighted by Gasteiger charge is 2.16. The third-order valence-corrected chi connectivity index (χ3v) is 2.80. The Morgan fingerprint density at radius 2 is 2.00 bits per heavy atom. The number of hydrogen-bond acceptors (Lipinski definition) is 3. The molecule has 1 aromatic rings. The van der Waals surface area contributed by atoms with Crippen molar-refractivity contribution in [3.63, 3.8) is 0 Å². The van der Waals surface area contributed by atoms with Crippen LogP contribution in [0.5, 0.6) is 0 Å². The number of nitrogens with zero attached hydrogens (tertiary/aromatic N) is 2. The first kappa shape index (κ1) is 12.6. The first-order chi connectivity index (χ1) is 6.75. The summed E-state index contributed by atoms with van der Waals surface area (Å²) in [6.07, 6.45) is 3.78. The lowest BCUT2D eigenvalue weighted by atomic mass is 10.1. The van der Waals surface area contributed by atoms with Gasteiger partial charge in [-0.2, -0.15) is 0 Å². The lowest BCUT2D eigenvalue weighted by molar-refractivity contribution is 0.498. The minimum Gasteiger partial charge on any atom is -0.357 e. The van der Waals surface area contributed by atoms with Crippen LogP contribution in [-0.2, 0) is 0 Å². The van der Waals surface area contributed by atoms with Gasteiger partial charge < -0.3 is 10.6 Å². The molecular weight excluding hydrogens is 233 g/mol. The summed E-state index contributed by atoms with van der Waals surface area (Å²) in [6, 6.07) is 4.19. The number of piperidine rings is 1. The van der Waals surface area contributed by atoms with Crippen molar-refractivity contribution in [1.82, 2.24) is 4.98 Å². The van der Waals surface area contributed by atoms with Crippen molar-refractivity contribution in [2.45, 2.75) is 18.9 Å². The second-order valence-corrected chi connectivity index (χ2v) is 4.10. The van der Waals surface area contributed by atoms with E-state index in [1.807, 2.05) is 12.1 Å². The smallest absolute Gasteiger partial charge is 0.128 e. The predicted octanol–water partition coefficient (Wildman–Crippen LogP) is 2.08. The van der Waals surface area contributed by atoms with Crippen molar-refractivity contribution in [2.75, 3.05) is 18.0 Å². The average Bonchev–Trinajstić information content (AvgIpc) is 2.21. The maximum atomic E-state index is 5.83. The molecule has 15 heavy (non-hydrogen) atoms. The number of pyridine rings is 1. The zero-order valence-corrected chi connectivity index (χ0v) is 9.97. The quantitative estimate of drug-likeness (QED) is 0.827. The van der Waals surface area contributed by atoms with Crippen molar-refractivity contribution in [2.24, 2.45) is 5.73 Å². The predicted molar refractivity (Wildman–Crippen MR) is 65.9 cm³/mol. The first-order valence-electron chi connectivity index (χ1n) is 4.88. The molecule has 84 valence electrons. The minimum absolute atomic E-state index is 0. The number of hydrogen-bond donors (Lipinski definition) is 1. The number of anilines is 1. The third-order valence-electron chi connectivity index (χ3n) is 2.58. The molecule has 0 amide bonds. The molecule has 1 saturated heterocycles. The van der Waals surface area contributed by atoms with Crippen molar-refractivity contribution in [3.8, 4) is 0 Å². The van der Waals surface area contributed by atoms with Crippen molar-refractivity contribution in [3.05, 3.63) is 23.4 Å². The molecule has 3 nitrogen and oxygen atoms in total. The molecule has 1 aliphatic rings. The van der Waals surface area contributed by atoms with E-state index in [-0.39, 0.29) is 12.4 Å². The summed E-state index contributed by atoms with van der Waals surface area (Å²) >= 11 is 5.77. The van der Waals surface area contributed by atoms with Crippen LogP contribution in [0.15, 0.2) is 18.3 Å². The number of aromatic nitrogens is 1. The van der Waals surface area contributed by atoms with Crippen LogP contribution in [0.2, 0.25) is 5.02 Å². The number of rotatable bonds is 1. The highest BCUT2D eigenvalue weighted by Crippen LogP contribution is 2.18. The summed E-state index contributed by atoms with van der Waals surface area (Å²) in [6.45, 7) is 1.99. The van der Waals surface area contributed by atoms with Gasteiger partial charge in [-0.15, -0.1) is 12.4 Å². The van der Waals surface area contributed by atoms with Gasteiger partial charge >= 0.3 is 0 Å². The van der Waals surface area contributed by atoms with Crippen molar-refractivity contribution < 1.29 is 0 Å². The topological polar surface area (TPSA) is 42.1 Å². The monoisotopic (exact) mass is 247 g/mol. The Hall–Kier alpha value is -0.510. The second-order valence-electron chi connectivity index (χ2n) is 3.66. The van der Waals surface area contributed by atoms with E-state index in [1.165, 1.54) is 0 Å². The van der Waals surface area contributed by atoms with E-state index in [0.717, 1.165) is 31.7 Å². The molecule has 0 aliphatic carbocycles. The number of halogens is 2. The van der Waals surface area contributed by atoms with Crippen LogP contribution in [0.1, 0.15) is 12.8 Å². The molecule has 5 heteroatoms. The molecule has 0 radical (unpaired) electrons. The fraction of sp³-hybridized carbons (Fsp3) is 0.500. The van der Waals surface area contributed by atoms with E-state index in [1.54, 1.807) is 6.20 Å². The van der Waals surface area contributed by atoms with Gasteiger partial charge in [0.25, 0.3) is 0 Å². The molecule has 0 saturated carbocycles. The van der Waals surface area contributed by atoms with Gasteiger partial charge in [-0.25, -0.2) is 4.98 Å². The average molecular weight is 248 g/mol. The Bertz CT molecular complexity index is 294. The third kappa shape index (κ3) is 3.23. The lowest BCUT2D eigenvalue weighted by Gasteiger charge is -2.30. The Labute approximate surface area is 101 Å². The molecule has 0 aromatic carbocycles. The summed E-state index contributed by atoms with van der Waals surface area (Å²) in [7, 11) is 0. The van der Waals surface area contributed by atoms with Gasteiger partial charge in [-0.05, 0) is 25.0 Å². The van der Waals surface area contributed by atoms with Gasteiger partial charge in [0.15, 0.2) is 0 Å². The Kier molecular flexibility index (Phi) is 4.64. The van der Waals surface area contributed by atoms with E-state index in [4.69, 9.17) is 17.3 Å². The van der Waals surface area contributed by atoms with Crippen LogP contribution < -0.4 is 10.6 Å². The Morgan fingerprint density at radius 3 is 2.53 bits per heavy atom. The summed E-state index contributed by atoms with van der Waals surface area (Å²) < 4.78 is 0. The first-order valence-corrected chi connectivity index (χ1v) is 5.25. The molecule has 0 spiro atoms. The number of nitrogens with two attached hydrogens (primary N) is 1. The fourth-order valence-electron chi connectivity index (χ4n) is 1.68. The van der Waals surface area contributed by atoms with Crippen LogP contribution in [0, 0.1) is 0 Å². The zero-order valence-electron chi connectivity index (χ0n) is 8.40. The molecule has 1 aromatic heterocycles. The van der Waals surface area contributed by atoms with Gasteiger partial charge in [0.2, 0.25) is 0 Å². The SMILES string of the molecule is Cl.NC1CCN(c2ccc(Cl)cn2)CC1. The van der Waals surface area contributed by atoms with E-state index >= 15 is 0 Å². The van der Waals surface area contributed by atoms with Crippen LogP contribution in [0.25, 0.3) is 0 Å². The van der Waals surface area contributed by atoms with E-state index in [9.17, 15) is 0 Å². The normalized spacial score (nSPS) is 17.3. The minimum atomic E-state index is 0. The maximum Gasteiger partial charge on any atom is 0.128 e. The molecule has 1 fully saturated rings. The highest BCUT2D eigenvalue weighted by atomic mass is 35.5. The summed E-state index contributed by atoms with van der Waals surface area (Å²) in [5, 5.41) is 0.683. The van der Waals surface area contributed by atoms with Gasteiger partial charge in [-0.1, -0.05) is 11.6 Å². The van der Waals surface area contributed by atoms with Gasteiger partial charge in [0.05, 0.1) is 5.02 Å². The molecule has 0 bridgehead atoms. The Balaban J connectivity index is 0.00000112. The van der Waals surface area contributed by atoms with Crippen molar-refractivity contribution in [1.29, 1.82) is 0 Å². The van der Waals surface area contributed by atoms with Gasteiger partial charge in [0, 0.05) is 25.3 Å². The highest BCUT2D eigenvalue weighted by molar-refractivity contribution is 6.30. The maximum absolute atomic E-state index is 5.83. The summed E-state index contributed by atoms with van der Waals surface area (Å²) in [5.74, 6) is 1.00. The van der Waals surface area contributed by atoms with E-state index in [0.29, 0.717) is 11.1 Å². The lowest BCUT2D eigenvalue weighted by Crippen LogP contribution is -2.40. The summed E-state index contributed by atoms with van der Waals surface area (Å²) in [5.41, 5.74) is 5.83. The van der Waals surface area contributed by atoms with Gasteiger partial charge in [-0.3, -0.25) is 0 Å². The fourth-order valence-corrected chi connectivity index (χ4v) is 1.80. The van der Waals surface area contributed by atoms with Crippen LogP contribution in [-0.4, -0.2) is 24.1 Å². The van der Waals surface area contributed by atoms with E-state index in [2.05, 4.69) is 9.88 Å². The summed E-state index contributed by atoms with van der Waals surface area (Å²) in [4.78, 5) is 6.53. The molecule has 2 rings (SSSR count). The molecule has 2 N–H and O–H groups in total. The van der Waals surface area contributed by atoms with Crippen LogP contribution in [0.3, 0.4) is 0 Å². The Morgan fingerprint density at radius 1 is 1.33 bits per heavy atom. The molecule has 0 unspecified atom stereocenters. The van der Waals surface area contributed by atoms with Gasteiger partial charge in [0.1, 0.15) is 5.82 Å². The van der Waals surface area contributed by atoms with Crippen molar-refractivity contribution >= 4 is 29.8 Å². The molecule has 2 heterocycles.